The van der Waals surface area contributed by atoms with Crippen molar-refractivity contribution in [3.05, 3.63) is 71.1 Å². The van der Waals surface area contributed by atoms with Crippen molar-refractivity contribution in [1.82, 2.24) is 5.16 Å². The van der Waals surface area contributed by atoms with E-state index in [1.807, 2.05) is 72.8 Å². The van der Waals surface area contributed by atoms with E-state index < -0.39 is 0 Å². The summed E-state index contributed by atoms with van der Waals surface area (Å²) in [6.45, 7) is 0. The molecule has 0 radical (unpaired) electrons. The molecule has 0 unspecified atom stereocenters. The van der Waals surface area contributed by atoms with Crippen molar-refractivity contribution in [2.75, 3.05) is 21.3 Å². The molecule has 0 spiro atoms. The van der Waals surface area contributed by atoms with Crippen molar-refractivity contribution in [2.45, 2.75) is 0 Å². The quantitative estimate of drug-likeness (QED) is 0.588. The standard InChI is InChI=1S/C22H21NO4/c1-24-19-10-5-16(6-11-19)4-9-18-15-20(27-23-18)12-7-17-8-13-21(25-2)22(14-17)26-3/h4-15H,1-3H3/b9-4+,12-7+. The van der Waals surface area contributed by atoms with E-state index in [0.717, 1.165) is 22.6 Å². The van der Waals surface area contributed by atoms with Gasteiger partial charge in [-0.1, -0.05) is 35.5 Å². The van der Waals surface area contributed by atoms with Crippen molar-refractivity contribution in [3.8, 4) is 17.2 Å². The van der Waals surface area contributed by atoms with Gasteiger partial charge in [-0.25, -0.2) is 0 Å². The molecular weight excluding hydrogens is 342 g/mol. The van der Waals surface area contributed by atoms with Gasteiger partial charge in [0.1, 0.15) is 11.4 Å². The van der Waals surface area contributed by atoms with Gasteiger partial charge < -0.3 is 18.7 Å². The van der Waals surface area contributed by atoms with Crippen molar-refractivity contribution >= 4 is 24.3 Å². The number of ether oxygens (including phenoxy) is 3. The van der Waals surface area contributed by atoms with Crippen molar-refractivity contribution < 1.29 is 18.7 Å². The predicted molar refractivity (Wildman–Crippen MR) is 107 cm³/mol. The lowest BCUT2D eigenvalue weighted by Crippen LogP contribution is -1.90. The number of hydrogen-bond acceptors (Lipinski definition) is 5. The van der Waals surface area contributed by atoms with Crippen LogP contribution >= 0.6 is 0 Å². The molecular formula is C22H21NO4. The molecule has 5 nitrogen and oxygen atoms in total. The lowest BCUT2D eigenvalue weighted by atomic mass is 10.1. The normalized spacial score (nSPS) is 11.2. The van der Waals surface area contributed by atoms with E-state index in [0.29, 0.717) is 17.3 Å². The van der Waals surface area contributed by atoms with Crippen LogP contribution < -0.4 is 14.2 Å². The van der Waals surface area contributed by atoms with E-state index in [1.54, 1.807) is 21.3 Å². The third-order valence-corrected chi connectivity index (χ3v) is 3.96. The maximum Gasteiger partial charge on any atom is 0.161 e. The van der Waals surface area contributed by atoms with Crippen LogP contribution in [0.5, 0.6) is 17.2 Å². The van der Waals surface area contributed by atoms with Gasteiger partial charge in [-0.05, 0) is 47.5 Å². The molecule has 1 heterocycles. The summed E-state index contributed by atoms with van der Waals surface area (Å²) in [7, 11) is 4.88. The molecule has 0 N–H and O–H groups in total. The Morgan fingerprint density at radius 2 is 1.41 bits per heavy atom. The van der Waals surface area contributed by atoms with Crippen LogP contribution in [0.3, 0.4) is 0 Å². The first-order valence-corrected chi connectivity index (χ1v) is 8.41. The zero-order valence-corrected chi connectivity index (χ0v) is 15.5. The van der Waals surface area contributed by atoms with Crippen LogP contribution in [-0.2, 0) is 0 Å². The number of aromatic nitrogens is 1. The third-order valence-electron chi connectivity index (χ3n) is 3.96. The van der Waals surface area contributed by atoms with Gasteiger partial charge in [0, 0.05) is 6.07 Å². The van der Waals surface area contributed by atoms with E-state index in [4.69, 9.17) is 18.7 Å². The summed E-state index contributed by atoms with van der Waals surface area (Å²) in [6, 6.07) is 15.4. The Bertz CT molecular complexity index is 939. The van der Waals surface area contributed by atoms with Gasteiger partial charge in [0.05, 0.1) is 21.3 Å². The highest BCUT2D eigenvalue weighted by molar-refractivity contribution is 5.72. The maximum absolute atomic E-state index is 5.35. The summed E-state index contributed by atoms with van der Waals surface area (Å²) >= 11 is 0. The Balaban J connectivity index is 1.68. The fourth-order valence-corrected chi connectivity index (χ4v) is 2.49. The number of benzene rings is 2. The van der Waals surface area contributed by atoms with Crippen LogP contribution in [0.15, 0.2) is 53.1 Å². The van der Waals surface area contributed by atoms with Gasteiger partial charge in [0.15, 0.2) is 17.3 Å². The lowest BCUT2D eigenvalue weighted by molar-refractivity contribution is 0.355. The zero-order chi connectivity index (χ0) is 19.1. The molecule has 5 heteroatoms. The first kappa shape index (κ1) is 18.3. The monoisotopic (exact) mass is 363 g/mol. The molecule has 2 aromatic carbocycles. The van der Waals surface area contributed by atoms with E-state index in [-0.39, 0.29) is 0 Å². The first-order chi connectivity index (χ1) is 13.2. The van der Waals surface area contributed by atoms with Crippen LogP contribution in [0.4, 0.5) is 0 Å². The Hall–Kier alpha value is -3.47. The summed E-state index contributed by atoms with van der Waals surface area (Å²) in [4.78, 5) is 0. The fraction of sp³-hybridized carbons (Fsp3) is 0.136. The summed E-state index contributed by atoms with van der Waals surface area (Å²) in [5.41, 5.74) is 2.78. The Morgan fingerprint density at radius 1 is 0.704 bits per heavy atom. The summed E-state index contributed by atoms with van der Waals surface area (Å²) in [5.74, 6) is 2.87. The topological polar surface area (TPSA) is 53.7 Å². The van der Waals surface area contributed by atoms with Gasteiger partial charge in [-0.2, -0.15) is 0 Å². The maximum atomic E-state index is 5.35. The molecule has 138 valence electrons. The minimum Gasteiger partial charge on any atom is -0.497 e. The number of rotatable bonds is 7. The van der Waals surface area contributed by atoms with Crippen molar-refractivity contribution in [3.63, 3.8) is 0 Å². The first-order valence-electron chi connectivity index (χ1n) is 8.41. The second-order valence-corrected chi connectivity index (χ2v) is 5.71. The average molecular weight is 363 g/mol. The van der Waals surface area contributed by atoms with Crippen LogP contribution in [0.25, 0.3) is 24.3 Å². The number of hydrogen-bond donors (Lipinski definition) is 0. The van der Waals surface area contributed by atoms with Gasteiger partial charge in [0.25, 0.3) is 0 Å². The van der Waals surface area contributed by atoms with Gasteiger partial charge >= 0.3 is 0 Å². The van der Waals surface area contributed by atoms with Gasteiger partial charge in [-0.15, -0.1) is 0 Å². The van der Waals surface area contributed by atoms with Gasteiger partial charge in [0.2, 0.25) is 0 Å². The molecule has 0 saturated heterocycles. The molecule has 0 saturated carbocycles. The SMILES string of the molecule is COc1ccc(/C=C/c2cc(/C=C/c3ccc(OC)c(OC)c3)on2)cc1. The molecule has 0 bridgehead atoms. The van der Waals surface area contributed by atoms with E-state index in [9.17, 15) is 0 Å². The average Bonchev–Trinajstić information content (AvgIpc) is 3.18. The smallest absolute Gasteiger partial charge is 0.161 e. The fourth-order valence-electron chi connectivity index (χ4n) is 2.49. The van der Waals surface area contributed by atoms with Gasteiger partial charge in [-0.3, -0.25) is 0 Å². The van der Waals surface area contributed by atoms with Crippen LogP contribution in [0, 0.1) is 0 Å². The molecule has 0 aliphatic rings. The largest absolute Gasteiger partial charge is 0.497 e. The highest BCUT2D eigenvalue weighted by atomic mass is 16.5. The highest BCUT2D eigenvalue weighted by Crippen LogP contribution is 2.28. The third kappa shape index (κ3) is 4.79. The Morgan fingerprint density at radius 3 is 2.11 bits per heavy atom. The van der Waals surface area contributed by atoms with Crippen molar-refractivity contribution in [2.24, 2.45) is 0 Å². The molecule has 0 aliphatic carbocycles. The minimum absolute atomic E-state index is 0.666. The predicted octanol–water partition coefficient (Wildman–Crippen LogP) is 5.04. The van der Waals surface area contributed by atoms with Crippen LogP contribution in [-0.4, -0.2) is 26.5 Å². The lowest BCUT2D eigenvalue weighted by Gasteiger charge is -2.07. The number of nitrogens with zero attached hydrogens (tertiary/aromatic N) is 1. The second-order valence-electron chi connectivity index (χ2n) is 5.71. The zero-order valence-electron chi connectivity index (χ0n) is 15.5. The summed E-state index contributed by atoms with van der Waals surface area (Å²) in [6.07, 6.45) is 7.66. The van der Waals surface area contributed by atoms with Crippen molar-refractivity contribution in [1.29, 1.82) is 0 Å². The summed E-state index contributed by atoms with van der Waals surface area (Å²) < 4.78 is 21.1. The van der Waals surface area contributed by atoms with E-state index >= 15 is 0 Å². The molecule has 27 heavy (non-hydrogen) atoms. The van der Waals surface area contributed by atoms with Crippen LogP contribution in [0.2, 0.25) is 0 Å². The molecule has 0 fully saturated rings. The highest BCUT2D eigenvalue weighted by Gasteiger charge is 2.03. The second kappa shape index (κ2) is 8.76. The van der Waals surface area contributed by atoms with E-state index in [1.165, 1.54) is 0 Å². The Kier molecular flexibility index (Phi) is 5.94. The molecule has 3 aromatic rings. The van der Waals surface area contributed by atoms with E-state index in [2.05, 4.69) is 5.16 Å². The van der Waals surface area contributed by atoms with Crippen LogP contribution in [0.1, 0.15) is 22.6 Å². The molecule has 0 atom stereocenters. The molecule has 1 aromatic heterocycles. The Labute approximate surface area is 158 Å². The molecule has 3 rings (SSSR count). The minimum atomic E-state index is 0.666. The molecule has 0 aliphatic heterocycles. The number of methoxy groups -OCH3 is 3. The summed E-state index contributed by atoms with van der Waals surface area (Å²) in [5, 5.41) is 4.06. The molecule has 0 amide bonds.